The van der Waals surface area contributed by atoms with Crippen LogP contribution >= 0.6 is 0 Å². The quantitative estimate of drug-likeness (QED) is 0.690. The van der Waals surface area contributed by atoms with E-state index in [9.17, 15) is 9.90 Å². The van der Waals surface area contributed by atoms with Gasteiger partial charge in [0, 0.05) is 19.0 Å². The van der Waals surface area contributed by atoms with E-state index in [2.05, 4.69) is 17.0 Å². The van der Waals surface area contributed by atoms with E-state index in [-0.39, 0.29) is 23.6 Å². The van der Waals surface area contributed by atoms with Crippen LogP contribution in [-0.4, -0.2) is 53.6 Å². The van der Waals surface area contributed by atoms with Crippen molar-refractivity contribution in [3.8, 4) is 11.5 Å². The average molecular weight is 437 g/mol. The number of nitrogens with zero attached hydrogens (tertiary/aromatic N) is 2. The zero-order chi connectivity index (χ0) is 22.5. The van der Waals surface area contributed by atoms with Crippen molar-refractivity contribution < 1.29 is 14.6 Å². The van der Waals surface area contributed by atoms with Gasteiger partial charge in [-0.05, 0) is 79.7 Å². The van der Waals surface area contributed by atoms with Crippen LogP contribution in [0.5, 0.6) is 11.5 Å². The Kier molecular flexibility index (Phi) is 7.36. The number of amides is 1. The van der Waals surface area contributed by atoms with Gasteiger partial charge in [-0.1, -0.05) is 38.5 Å². The summed E-state index contributed by atoms with van der Waals surface area (Å²) in [6.45, 7) is 8.69. The molecule has 0 saturated carbocycles. The number of benzene rings is 2. The highest BCUT2D eigenvalue weighted by Crippen LogP contribution is 2.35. The van der Waals surface area contributed by atoms with Crippen LogP contribution < -0.4 is 4.74 Å². The molecule has 4 rings (SSSR count). The number of piperidine rings is 1. The van der Waals surface area contributed by atoms with Crippen molar-refractivity contribution in [2.45, 2.75) is 52.0 Å². The molecule has 0 aliphatic carbocycles. The van der Waals surface area contributed by atoms with Gasteiger partial charge >= 0.3 is 0 Å². The molecule has 32 heavy (non-hydrogen) atoms. The smallest absolute Gasteiger partial charge is 0.225 e. The fraction of sp³-hybridized carbons (Fsp3) is 0.519. The number of rotatable bonds is 7. The van der Waals surface area contributed by atoms with E-state index in [0.29, 0.717) is 6.54 Å². The molecule has 2 heterocycles. The third-order valence-electron chi connectivity index (χ3n) is 6.74. The SMILES string of the molecule is CC(C)C(=O)N1CCc2cc(O)ccc2C1Cc1ccc(OCCN2CCCCC2)cc1. The Morgan fingerprint density at radius 1 is 1.06 bits per heavy atom. The number of carbonyl (C=O) groups excluding carboxylic acids is 1. The molecule has 0 aromatic heterocycles. The van der Waals surface area contributed by atoms with Crippen molar-refractivity contribution in [3.05, 3.63) is 59.2 Å². The number of aromatic hydroxyl groups is 1. The highest BCUT2D eigenvalue weighted by molar-refractivity contribution is 5.79. The van der Waals surface area contributed by atoms with Gasteiger partial charge in [0.1, 0.15) is 18.1 Å². The second-order valence-electron chi connectivity index (χ2n) is 9.43. The molecule has 2 aliphatic rings. The Bertz CT molecular complexity index is 904. The number of phenols is 1. The molecule has 1 fully saturated rings. The molecular formula is C27H36N2O3. The van der Waals surface area contributed by atoms with Crippen LogP contribution in [0.4, 0.5) is 0 Å². The molecule has 2 aromatic carbocycles. The van der Waals surface area contributed by atoms with Gasteiger partial charge in [-0.25, -0.2) is 0 Å². The summed E-state index contributed by atoms with van der Waals surface area (Å²) >= 11 is 0. The summed E-state index contributed by atoms with van der Waals surface area (Å²) in [5.41, 5.74) is 3.46. The fourth-order valence-corrected chi connectivity index (χ4v) is 4.93. The van der Waals surface area contributed by atoms with Crippen LogP contribution in [0.25, 0.3) is 0 Å². The fourth-order valence-electron chi connectivity index (χ4n) is 4.93. The molecule has 5 nitrogen and oxygen atoms in total. The van der Waals surface area contributed by atoms with E-state index in [1.807, 2.05) is 43.0 Å². The molecular weight excluding hydrogens is 400 g/mol. The Morgan fingerprint density at radius 3 is 2.53 bits per heavy atom. The third-order valence-corrected chi connectivity index (χ3v) is 6.74. The number of phenolic OH excluding ortho intramolecular Hbond substituents is 1. The number of hydrogen-bond acceptors (Lipinski definition) is 4. The minimum absolute atomic E-state index is 0.0138. The molecule has 0 radical (unpaired) electrons. The van der Waals surface area contributed by atoms with Crippen LogP contribution in [-0.2, 0) is 17.6 Å². The first kappa shape index (κ1) is 22.7. The first-order valence-corrected chi connectivity index (χ1v) is 12.1. The van der Waals surface area contributed by atoms with Gasteiger partial charge in [-0.2, -0.15) is 0 Å². The third kappa shape index (κ3) is 5.44. The Hall–Kier alpha value is -2.53. The number of likely N-dealkylation sites (tertiary alicyclic amines) is 1. The topological polar surface area (TPSA) is 53.0 Å². The van der Waals surface area contributed by atoms with Crippen LogP contribution in [0.1, 0.15) is 55.8 Å². The largest absolute Gasteiger partial charge is 0.508 e. The Morgan fingerprint density at radius 2 is 1.81 bits per heavy atom. The van der Waals surface area contributed by atoms with E-state index < -0.39 is 0 Å². The molecule has 0 bridgehead atoms. The first-order valence-electron chi connectivity index (χ1n) is 12.1. The summed E-state index contributed by atoms with van der Waals surface area (Å²) < 4.78 is 5.98. The Balaban J connectivity index is 1.43. The molecule has 1 amide bonds. The molecule has 1 atom stereocenters. The van der Waals surface area contributed by atoms with E-state index in [1.165, 1.54) is 37.9 Å². The predicted molar refractivity (Wildman–Crippen MR) is 127 cm³/mol. The van der Waals surface area contributed by atoms with Crippen molar-refractivity contribution in [2.75, 3.05) is 32.8 Å². The molecule has 1 N–H and O–H groups in total. The minimum atomic E-state index is -0.0353. The molecule has 1 unspecified atom stereocenters. The zero-order valence-corrected chi connectivity index (χ0v) is 19.4. The standard InChI is InChI=1S/C27H36N2O3/c1-20(2)27(31)29-15-12-22-19-23(30)8-11-25(22)26(29)18-21-6-9-24(10-7-21)32-17-16-28-13-4-3-5-14-28/h6-11,19-20,26,30H,3-5,12-18H2,1-2H3. The van der Waals surface area contributed by atoms with Crippen molar-refractivity contribution in [1.82, 2.24) is 9.80 Å². The lowest BCUT2D eigenvalue weighted by Crippen LogP contribution is -2.43. The molecule has 5 heteroatoms. The monoisotopic (exact) mass is 436 g/mol. The van der Waals surface area contributed by atoms with Crippen LogP contribution in [0.15, 0.2) is 42.5 Å². The molecule has 0 spiro atoms. The second kappa shape index (κ2) is 10.4. The number of carbonyl (C=O) groups is 1. The van der Waals surface area contributed by atoms with E-state index in [0.717, 1.165) is 42.9 Å². The van der Waals surface area contributed by atoms with Crippen molar-refractivity contribution >= 4 is 5.91 Å². The van der Waals surface area contributed by atoms with Gasteiger partial charge in [0.25, 0.3) is 0 Å². The molecule has 1 saturated heterocycles. The van der Waals surface area contributed by atoms with Crippen molar-refractivity contribution in [2.24, 2.45) is 5.92 Å². The highest BCUT2D eigenvalue weighted by atomic mass is 16.5. The van der Waals surface area contributed by atoms with E-state index in [1.54, 1.807) is 6.07 Å². The number of ether oxygens (including phenoxy) is 1. The van der Waals surface area contributed by atoms with Gasteiger partial charge in [0.15, 0.2) is 0 Å². The van der Waals surface area contributed by atoms with E-state index in [4.69, 9.17) is 4.74 Å². The zero-order valence-electron chi connectivity index (χ0n) is 19.4. The second-order valence-corrected chi connectivity index (χ2v) is 9.43. The van der Waals surface area contributed by atoms with Gasteiger partial charge in [-0.3, -0.25) is 9.69 Å². The minimum Gasteiger partial charge on any atom is -0.508 e. The van der Waals surface area contributed by atoms with Crippen LogP contribution in [0.3, 0.4) is 0 Å². The molecule has 172 valence electrons. The summed E-state index contributed by atoms with van der Waals surface area (Å²) in [6, 6.07) is 13.9. The normalized spacial score (nSPS) is 19.1. The van der Waals surface area contributed by atoms with E-state index >= 15 is 0 Å². The van der Waals surface area contributed by atoms with Gasteiger partial charge < -0.3 is 14.7 Å². The maximum Gasteiger partial charge on any atom is 0.225 e. The summed E-state index contributed by atoms with van der Waals surface area (Å²) in [4.78, 5) is 17.4. The lowest BCUT2D eigenvalue weighted by atomic mass is 9.87. The maximum absolute atomic E-state index is 12.9. The molecule has 2 aromatic rings. The van der Waals surface area contributed by atoms with Gasteiger partial charge in [0.05, 0.1) is 6.04 Å². The van der Waals surface area contributed by atoms with Crippen molar-refractivity contribution in [3.63, 3.8) is 0 Å². The summed E-state index contributed by atoms with van der Waals surface area (Å²) in [5.74, 6) is 1.34. The summed E-state index contributed by atoms with van der Waals surface area (Å²) in [6.07, 6.45) is 5.49. The first-order chi connectivity index (χ1) is 15.5. The lowest BCUT2D eigenvalue weighted by molar-refractivity contribution is -0.137. The highest BCUT2D eigenvalue weighted by Gasteiger charge is 2.32. The molecule has 2 aliphatic heterocycles. The summed E-state index contributed by atoms with van der Waals surface area (Å²) in [7, 11) is 0. The van der Waals surface area contributed by atoms with Gasteiger partial charge in [-0.15, -0.1) is 0 Å². The number of fused-ring (bicyclic) bond motifs is 1. The Labute approximate surface area is 192 Å². The van der Waals surface area contributed by atoms with Gasteiger partial charge in [0.2, 0.25) is 5.91 Å². The maximum atomic E-state index is 12.9. The van der Waals surface area contributed by atoms with Crippen LogP contribution in [0.2, 0.25) is 0 Å². The van der Waals surface area contributed by atoms with Crippen molar-refractivity contribution in [1.29, 1.82) is 0 Å². The number of hydrogen-bond donors (Lipinski definition) is 1. The summed E-state index contributed by atoms with van der Waals surface area (Å²) in [5, 5.41) is 9.91. The average Bonchev–Trinajstić information content (AvgIpc) is 2.80. The van der Waals surface area contributed by atoms with Crippen LogP contribution in [0, 0.1) is 5.92 Å². The lowest BCUT2D eigenvalue weighted by Gasteiger charge is -2.38. The predicted octanol–water partition coefficient (Wildman–Crippen LogP) is 4.58.